The number of primary sulfonamides is 1. The number of rotatable bonds is 3. The van der Waals surface area contributed by atoms with Crippen molar-refractivity contribution in [2.45, 2.75) is 18.2 Å². The normalized spacial score (nSPS) is 20.1. The summed E-state index contributed by atoms with van der Waals surface area (Å²) in [6.07, 6.45) is -0.127. The fraction of sp³-hybridized carbons (Fsp3) is 0.364. The second-order valence-corrected chi connectivity index (χ2v) is 6.68. The van der Waals surface area contributed by atoms with Gasteiger partial charge >= 0.3 is 0 Å². The maximum absolute atomic E-state index is 12.9. The van der Waals surface area contributed by atoms with Crippen LogP contribution in [0, 0.1) is 5.82 Å². The molecule has 0 radical (unpaired) electrons. The van der Waals surface area contributed by atoms with Gasteiger partial charge in [0.2, 0.25) is 15.9 Å². The van der Waals surface area contributed by atoms with Crippen molar-refractivity contribution in [1.29, 1.82) is 0 Å². The Morgan fingerprint density at radius 1 is 1.47 bits per heavy atom. The van der Waals surface area contributed by atoms with Crippen molar-refractivity contribution in [3.63, 3.8) is 0 Å². The molecule has 1 amide bonds. The first-order valence-corrected chi connectivity index (χ1v) is 7.49. The summed E-state index contributed by atoms with van der Waals surface area (Å²) in [6, 6.07) is 3.85. The Labute approximate surface area is 115 Å². The molecule has 2 N–H and O–H groups in total. The van der Waals surface area contributed by atoms with E-state index in [1.165, 1.54) is 17.0 Å². The van der Waals surface area contributed by atoms with Gasteiger partial charge < -0.3 is 4.90 Å². The number of benzene rings is 1. The summed E-state index contributed by atoms with van der Waals surface area (Å²) in [5, 5.41) is 4.34. The van der Waals surface area contributed by atoms with E-state index < -0.39 is 21.1 Å². The molecule has 0 aliphatic carbocycles. The standard InChI is InChI=1S/C11H12ClFN2O3S/c12-10-3-8(13)2-1-7(10)5-15-6-9(4-11(15)16)19(14,17)18/h1-3,9H,4-6H2,(H2,14,17,18). The fourth-order valence-electron chi connectivity index (χ4n) is 1.96. The summed E-state index contributed by atoms with van der Waals surface area (Å²) in [5.41, 5.74) is 0.562. The quantitative estimate of drug-likeness (QED) is 0.899. The number of amides is 1. The third-order valence-electron chi connectivity index (χ3n) is 3.02. The van der Waals surface area contributed by atoms with Crippen molar-refractivity contribution in [2.24, 2.45) is 5.14 Å². The van der Waals surface area contributed by atoms with Gasteiger partial charge in [-0.05, 0) is 17.7 Å². The van der Waals surface area contributed by atoms with Crippen LogP contribution in [0.1, 0.15) is 12.0 Å². The zero-order valence-corrected chi connectivity index (χ0v) is 11.4. The van der Waals surface area contributed by atoms with E-state index in [0.29, 0.717) is 5.56 Å². The summed E-state index contributed by atoms with van der Waals surface area (Å²) in [5.74, 6) is -0.775. The molecule has 0 bridgehead atoms. The van der Waals surface area contributed by atoms with Crippen molar-refractivity contribution in [2.75, 3.05) is 6.54 Å². The molecule has 1 aliphatic rings. The second-order valence-electron chi connectivity index (χ2n) is 4.43. The molecule has 1 unspecified atom stereocenters. The predicted molar refractivity (Wildman–Crippen MR) is 68.3 cm³/mol. The molecular formula is C11H12ClFN2O3S. The van der Waals surface area contributed by atoms with Crippen LogP contribution in [-0.2, 0) is 21.4 Å². The minimum Gasteiger partial charge on any atom is -0.337 e. The van der Waals surface area contributed by atoms with Gasteiger partial charge in [0.15, 0.2) is 0 Å². The minimum absolute atomic E-state index is 0.0331. The van der Waals surface area contributed by atoms with Crippen LogP contribution in [0.2, 0.25) is 5.02 Å². The van der Waals surface area contributed by atoms with Crippen LogP contribution in [0.25, 0.3) is 0 Å². The Hall–Kier alpha value is -1.18. The van der Waals surface area contributed by atoms with Gasteiger partial charge in [-0.15, -0.1) is 0 Å². The molecule has 1 aromatic carbocycles. The van der Waals surface area contributed by atoms with Gasteiger partial charge in [-0.2, -0.15) is 0 Å². The lowest BCUT2D eigenvalue weighted by molar-refractivity contribution is -0.128. The van der Waals surface area contributed by atoms with Crippen LogP contribution in [-0.4, -0.2) is 31.0 Å². The van der Waals surface area contributed by atoms with Gasteiger partial charge in [-0.25, -0.2) is 17.9 Å². The third kappa shape index (κ3) is 3.23. The Morgan fingerprint density at radius 3 is 2.68 bits per heavy atom. The second kappa shape index (κ2) is 5.07. The number of halogens is 2. The van der Waals surface area contributed by atoms with Crippen molar-refractivity contribution in [3.05, 3.63) is 34.6 Å². The summed E-state index contributed by atoms with van der Waals surface area (Å²) >= 11 is 5.86. The van der Waals surface area contributed by atoms with Gasteiger partial charge in [0.1, 0.15) is 11.1 Å². The van der Waals surface area contributed by atoms with Crippen molar-refractivity contribution in [3.8, 4) is 0 Å². The zero-order valence-electron chi connectivity index (χ0n) is 9.84. The zero-order chi connectivity index (χ0) is 14.2. The highest BCUT2D eigenvalue weighted by molar-refractivity contribution is 7.89. The molecular weight excluding hydrogens is 295 g/mol. The summed E-state index contributed by atoms with van der Waals surface area (Å²) in [4.78, 5) is 13.1. The van der Waals surface area contributed by atoms with E-state index in [2.05, 4.69) is 0 Å². The van der Waals surface area contributed by atoms with E-state index in [9.17, 15) is 17.6 Å². The topological polar surface area (TPSA) is 80.5 Å². The Bertz CT molecular complexity index is 620. The largest absolute Gasteiger partial charge is 0.337 e. The van der Waals surface area contributed by atoms with E-state index >= 15 is 0 Å². The maximum atomic E-state index is 12.9. The number of likely N-dealkylation sites (tertiary alicyclic amines) is 1. The molecule has 0 spiro atoms. The highest BCUT2D eigenvalue weighted by Crippen LogP contribution is 2.23. The summed E-state index contributed by atoms with van der Waals surface area (Å²) in [7, 11) is -3.73. The number of carbonyl (C=O) groups is 1. The number of sulfonamides is 1. The summed E-state index contributed by atoms with van der Waals surface area (Å²) in [6.45, 7) is 0.176. The molecule has 0 aromatic heterocycles. The molecule has 104 valence electrons. The molecule has 0 saturated carbocycles. The Kier molecular flexibility index (Phi) is 3.80. The number of nitrogens with two attached hydrogens (primary N) is 1. The van der Waals surface area contributed by atoms with E-state index in [-0.39, 0.29) is 30.4 Å². The molecule has 1 heterocycles. The van der Waals surface area contributed by atoms with E-state index in [1.54, 1.807) is 0 Å². The van der Waals surface area contributed by atoms with Gasteiger partial charge in [0.25, 0.3) is 0 Å². The molecule has 1 aromatic rings. The molecule has 2 rings (SSSR count). The molecule has 1 saturated heterocycles. The predicted octanol–water partition coefficient (Wildman–Crippen LogP) is 0.869. The lowest BCUT2D eigenvalue weighted by Crippen LogP contribution is -2.32. The van der Waals surface area contributed by atoms with Gasteiger partial charge in [0.05, 0.1) is 0 Å². The molecule has 1 fully saturated rings. The number of nitrogens with zero attached hydrogens (tertiary/aromatic N) is 1. The average molecular weight is 307 g/mol. The molecule has 5 nitrogen and oxygen atoms in total. The van der Waals surface area contributed by atoms with Gasteiger partial charge in [-0.3, -0.25) is 4.79 Å². The highest BCUT2D eigenvalue weighted by Gasteiger charge is 2.36. The third-order valence-corrected chi connectivity index (χ3v) is 4.62. The van der Waals surface area contributed by atoms with Crippen molar-refractivity contribution < 1.29 is 17.6 Å². The van der Waals surface area contributed by atoms with Crippen LogP contribution >= 0.6 is 11.6 Å². The first kappa shape index (κ1) is 14.2. The lowest BCUT2D eigenvalue weighted by atomic mass is 10.2. The van der Waals surface area contributed by atoms with Crippen molar-refractivity contribution >= 4 is 27.5 Å². The summed E-state index contributed by atoms with van der Waals surface area (Å²) < 4.78 is 35.3. The van der Waals surface area contributed by atoms with Crippen LogP contribution in [0.4, 0.5) is 4.39 Å². The van der Waals surface area contributed by atoms with E-state index in [1.807, 2.05) is 0 Å². The number of hydrogen-bond donors (Lipinski definition) is 1. The molecule has 1 atom stereocenters. The van der Waals surface area contributed by atoms with E-state index in [4.69, 9.17) is 16.7 Å². The van der Waals surface area contributed by atoms with E-state index in [0.717, 1.165) is 6.07 Å². The number of carbonyl (C=O) groups excluding carboxylic acids is 1. The van der Waals surface area contributed by atoms with Crippen molar-refractivity contribution in [1.82, 2.24) is 4.90 Å². The first-order valence-electron chi connectivity index (χ1n) is 5.50. The average Bonchev–Trinajstić information content (AvgIpc) is 2.64. The fourth-order valence-corrected chi connectivity index (χ4v) is 2.95. The van der Waals surface area contributed by atoms with Crippen LogP contribution in [0.5, 0.6) is 0 Å². The maximum Gasteiger partial charge on any atom is 0.224 e. The smallest absolute Gasteiger partial charge is 0.224 e. The molecule has 8 heteroatoms. The Morgan fingerprint density at radius 2 is 2.16 bits per heavy atom. The molecule has 1 aliphatic heterocycles. The SMILES string of the molecule is NS(=O)(=O)C1CC(=O)N(Cc2ccc(F)cc2Cl)C1. The van der Waals surface area contributed by atoms with Crippen LogP contribution in [0.15, 0.2) is 18.2 Å². The van der Waals surface area contributed by atoms with Gasteiger partial charge in [0, 0.05) is 24.5 Å². The Balaban J connectivity index is 2.14. The lowest BCUT2D eigenvalue weighted by Gasteiger charge is -2.17. The first-order chi connectivity index (χ1) is 8.77. The minimum atomic E-state index is -3.73. The van der Waals surface area contributed by atoms with Crippen LogP contribution < -0.4 is 5.14 Å². The highest BCUT2D eigenvalue weighted by atomic mass is 35.5. The van der Waals surface area contributed by atoms with Crippen LogP contribution in [0.3, 0.4) is 0 Å². The monoisotopic (exact) mass is 306 g/mol. The molecule has 19 heavy (non-hydrogen) atoms. The van der Waals surface area contributed by atoms with Gasteiger partial charge in [-0.1, -0.05) is 17.7 Å². The number of hydrogen-bond acceptors (Lipinski definition) is 3.